The van der Waals surface area contributed by atoms with Crippen molar-refractivity contribution in [1.29, 1.82) is 0 Å². The van der Waals surface area contributed by atoms with E-state index < -0.39 is 0 Å². The van der Waals surface area contributed by atoms with Crippen LogP contribution in [-0.2, 0) is 13.6 Å². The molecule has 0 fully saturated rings. The summed E-state index contributed by atoms with van der Waals surface area (Å²) >= 11 is 11.7. The maximum atomic E-state index is 5.86. The minimum Gasteiger partial charge on any atom is -0.222 e. The fourth-order valence-electron chi connectivity index (χ4n) is 0.841. The van der Waals surface area contributed by atoms with Crippen LogP contribution in [0.3, 0.4) is 0 Å². The Labute approximate surface area is 75.7 Å². The van der Waals surface area contributed by atoms with E-state index in [0.717, 1.165) is 0 Å². The lowest BCUT2D eigenvalue weighted by atomic mass is 10.6. The topological polar surface area (TPSA) is 8.81 Å². The normalized spacial score (nSPS) is 10.1. The smallest absolute Gasteiger partial charge is 0.222 e. The molecule has 0 atom stereocenters. The minimum atomic E-state index is 0.550. The number of rotatable bonds is 2. The fourth-order valence-corrected chi connectivity index (χ4v) is 1.24. The zero-order valence-corrected chi connectivity index (χ0v) is 7.73. The van der Waals surface area contributed by atoms with Crippen LogP contribution >= 0.6 is 23.2 Å². The van der Waals surface area contributed by atoms with Gasteiger partial charge in [-0.1, -0.05) is 12.7 Å². The van der Waals surface area contributed by atoms with Gasteiger partial charge in [-0.15, -0.1) is 0 Å². The van der Waals surface area contributed by atoms with Crippen LogP contribution in [0.2, 0.25) is 10.3 Å². The van der Waals surface area contributed by atoms with Gasteiger partial charge in [-0.3, -0.25) is 0 Å². The van der Waals surface area contributed by atoms with Crippen molar-refractivity contribution in [2.75, 3.05) is 0 Å². The van der Waals surface area contributed by atoms with Gasteiger partial charge in [0.05, 0.1) is 7.05 Å². The van der Waals surface area contributed by atoms with Gasteiger partial charge in [0.15, 0.2) is 0 Å². The van der Waals surface area contributed by atoms with Gasteiger partial charge in [0.25, 0.3) is 10.3 Å². The standard InChI is InChI=1S/C7H9Cl2N2/c1-3-4-11-5-10(2)6(8)7(11)9/h3,5H,1,4H2,2H3/q+1. The summed E-state index contributed by atoms with van der Waals surface area (Å²) in [6, 6.07) is 0. The Bertz CT molecular complexity index is 278. The summed E-state index contributed by atoms with van der Waals surface area (Å²) in [4.78, 5) is 0. The summed E-state index contributed by atoms with van der Waals surface area (Å²) in [6.45, 7) is 4.28. The largest absolute Gasteiger partial charge is 0.255 e. The van der Waals surface area contributed by atoms with Gasteiger partial charge in [0.2, 0.25) is 6.33 Å². The molecular weight excluding hydrogens is 183 g/mol. The van der Waals surface area contributed by atoms with E-state index in [9.17, 15) is 0 Å². The number of aromatic nitrogens is 2. The molecule has 0 aromatic carbocycles. The van der Waals surface area contributed by atoms with Crippen LogP contribution in [0.1, 0.15) is 0 Å². The van der Waals surface area contributed by atoms with Gasteiger partial charge in [0.1, 0.15) is 6.54 Å². The third-order valence-electron chi connectivity index (χ3n) is 1.37. The molecule has 2 nitrogen and oxygen atoms in total. The second-order valence-corrected chi connectivity index (χ2v) is 2.97. The molecule has 1 aromatic heterocycles. The number of halogens is 2. The van der Waals surface area contributed by atoms with Gasteiger partial charge in [-0.2, -0.15) is 0 Å². The molecule has 0 aliphatic heterocycles. The van der Waals surface area contributed by atoms with Crippen LogP contribution in [0.4, 0.5) is 0 Å². The summed E-state index contributed by atoms with van der Waals surface area (Å²) in [5, 5.41) is 1.10. The van der Waals surface area contributed by atoms with Crippen molar-refractivity contribution in [3.63, 3.8) is 0 Å². The first-order chi connectivity index (χ1) is 5.16. The quantitative estimate of drug-likeness (QED) is 0.499. The van der Waals surface area contributed by atoms with Gasteiger partial charge in [-0.05, 0) is 23.2 Å². The van der Waals surface area contributed by atoms with Gasteiger partial charge >= 0.3 is 0 Å². The summed E-state index contributed by atoms with van der Waals surface area (Å²) < 4.78 is 3.57. The van der Waals surface area contributed by atoms with E-state index in [4.69, 9.17) is 23.2 Å². The predicted molar refractivity (Wildman–Crippen MR) is 45.8 cm³/mol. The molecule has 0 unspecified atom stereocenters. The zero-order chi connectivity index (χ0) is 8.43. The second-order valence-electron chi connectivity index (χ2n) is 2.25. The molecule has 0 saturated carbocycles. The molecule has 0 aliphatic carbocycles. The third kappa shape index (κ3) is 1.57. The fraction of sp³-hybridized carbons (Fsp3) is 0.286. The van der Waals surface area contributed by atoms with Crippen LogP contribution in [0.15, 0.2) is 19.0 Å². The van der Waals surface area contributed by atoms with Crippen molar-refractivity contribution in [3.8, 4) is 0 Å². The van der Waals surface area contributed by atoms with E-state index >= 15 is 0 Å². The second kappa shape index (κ2) is 3.28. The van der Waals surface area contributed by atoms with E-state index in [1.165, 1.54) is 0 Å². The monoisotopic (exact) mass is 191 g/mol. The van der Waals surface area contributed by atoms with Crippen molar-refractivity contribution in [2.24, 2.45) is 7.05 Å². The molecule has 0 saturated heterocycles. The maximum absolute atomic E-state index is 5.86. The lowest BCUT2D eigenvalue weighted by Gasteiger charge is -1.87. The highest BCUT2D eigenvalue weighted by Crippen LogP contribution is 2.17. The Balaban J connectivity index is 3.07. The average molecular weight is 192 g/mol. The molecule has 0 radical (unpaired) electrons. The van der Waals surface area contributed by atoms with E-state index in [1.807, 2.05) is 17.9 Å². The Morgan fingerprint density at radius 1 is 1.73 bits per heavy atom. The number of nitrogens with zero attached hydrogens (tertiary/aromatic N) is 2. The average Bonchev–Trinajstić information content (AvgIpc) is 2.19. The molecule has 0 bridgehead atoms. The summed E-state index contributed by atoms with van der Waals surface area (Å²) in [6.07, 6.45) is 3.59. The SMILES string of the molecule is C=CCn1c[n+](C)c(Cl)c1Cl. The molecule has 1 rings (SSSR count). The molecule has 4 heteroatoms. The lowest BCUT2D eigenvalue weighted by molar-refractivity contribution is -0.668. The van der Waals surface area contributed by atoms with Crippen molar-refractivity contribution < 1.29 is 4.57 Å². The molecule has 1 heterocycles. The van der Waals surface area contributed by atoms with Crippen molar-refractivity contribution >= 4 is 23.2 Å². The first kappa shape index (κ1) is 8.62. The Kier molecular flexibility index (Phi) is 2.58. The van der Waals surface area contributed by atoms with Crippen LogP contribution < -0.4 is 4.57 Å². The van der Waals surface area contributed by atoms with Crippen molar-refractivity contribution in [3.05, 3.63) is 29.3 Å². The molecule has 11 heavy (non-hydrogen) atoms. The number of hydrogen-bond donors (Lipinski definition) is 0. The van der Waals surface area contributed by atoms with E-state index in [-0.39, 0.29) is 0 Å². The van der Waals surface area contributed by atoms with E-state index in [0.29, 0.717) is 16.9 Å². The van der Waals surface area contributed by atoms with Gasteiger partial charge in [-0.25, -0.2) is 9.13 Å². The Morgan fingerprint density at radius 3 is 2.73 bits per heavy atom. The molecule has 0 N–H and O–H groups in total. The highest BCUT2D eigenvalue weighted by atomic mass is 35.5. The van der Waals surface area contributed by atoms with Crippen molar-refractivity contribution in [2.45, 2.75) is 6.54 Å². The minimum absolute atomic E-state index is 0.550. The highest BCUT2D eigenvalue weighted by Gasteiger charge is 2.15. The van der Waals surface area contributed by atoms with E-state index in [2.05, 4.69) is 6.58 Å². The molecule has 0 amide bonds. The van der Waals surface area contributed by atoms with Crippen molar-refractivity contribution in [1.82, 2.24) is 4.57 Å². The first-order valence-corrected chi connectivity index (χ1v) is 3.93. The predicted octanol–water partition coefficient (Wildman–Crippen LogP) is 1.81. The molecule has 1 aromatic rings. The summed E-state index contributed by atoms with van der Waals surface area (Å²) in [5.74, 6) is 0. The Morgan fingerprint density at radius 2 is 2.36 bits per heavy atom. The number of hydrogen-bond acceptors (Lipinski definition) is 0. The first-order valence-electron chi connectivity index (χ1n) is 3.17. The molecular formula is C7H9Cl2N2+. The van der Waals surface area contributed by atoms with Crippen LogP contribution in [0.25, 0.3) is 0 Å². The number of imidazole rings is 1. The van der Waals surface area contributed by atoms with E-state index in [1.54, 1.807) is 10.6 Å². The lowest BCUT2D eigenvalue weighted by Crippen LogP contribution is -2.25. The number of allylic oxidation sites excluding steroid dienone is 1. The van der Waals surface area contributed by atoms with Crippen LogP contribution in [0, 0.1) is 0 Å². The van der Waals surface area contributed by atoms with Crippen LogP contribution in [0.5, 0.6) is 0 Å². The molecule has 60 valence electrons. The summed E-state index contributed by atoms with van der Waals surface area (Å²) in [5.41, 5.74) is 0. The number of aryl methyl sites for hydroxylation is 1. The molecule has 0 spiro atoms. The maximum Gasteiger partial charge on any atom is 0.255 e. The Hall–Kier alpha value is -0.470. The zero-order valence-electron chi connectivity index (χ0n) is 6.22. The van der Waals surface area contributed by atoms with Crippen LogP contribution in [-0.4, -0.2) is 4.57 Å². The van der Waals surface area contributed by atoms with Gasteiger partial charge < -0.3 is 0 Å². The highest BCUT2D eigenvalue weighted by molar-refractivity contribution is 6.39. The summed E-state index contributed by atoms with van der Waals surface area (Å²) in [7, 11) is 1.84. The third-order valence-corrected chi connectivity index (χ3v) is 2.31. The van der Waals surface area contributed by atoms with Gasteiger partial charge in [0, 0.05) is 0 Å². The molecule has 0 aliphatic rings.